The summed E-state index contributed by atoms with van der Waals surface area (Å²) in [6, 6.07) is 5.77. The number of amides is 1. The number of aryl methyl sites for hydroxylation is 1. The van der Waals surface area contributed by atoms with Gasteiger partial charge in [-0.3, -0.25) is 9.47 Å². The van der Waals surface area contributed by atoms with Gasteiger partial charge in [0.05, 0.1) is 18.8 Å². The van der Waals surface area contributed by atoms with Gasteiger partial charge in [0.25, 0.3) is 0 Å². The first-order valence-corrected chi connectivity index (χ1v) is 12.6. The van der Waals surface area contributed by atoms with Gasteiger partial charge >= 0.3 is 6.09 Å². The molecule has 1 aliphatic heterocycles. The number of ether oxygens (including phenoxy) is 1. The third kappa shape index (κ3) is 4.91. The largest absolute Gasteiger partial charge is 0.444 e. The fourth-order valence-corrected chi connectivity index (χ4v) is 5.13. The smallest absolute Gasteiger partial charge is 0.411 e. The van der Waals surface area contributed by atoms with Crippen LogP contribution in [-0.4, -0.2) is 41.5 Å². The Kier molecular flexibility index (Phi) is 6.29. The van der Waals surface area contributed by atoms with Gasteiger partial charge in [-0.2, -0.15) is 4.98 Å². The molecule has 0 N–H and O–H groups in total. The maximum absolute atomic E-state index is 13.0. The van der Waals surface area contributed by atoms with Gasteiger partial charge in [-0.1, -0.05) is 23.7 Å². The highest BCUT2D eigenvalue weighted by atomic mass is 35.5. The number of rotatable bonds is 3. The molecule has 1 amide bonds. The maximum Gasteiger partial charge on any atom is 0.411 e. The summed E-state index contributed by atoms with van der Waals surface area (Å²) in [5.74, 6) is 3.70. The minimum atomic E-state index is -0.589. The molecule has 10 heteroatoms. The van der Waals surface area contributed by atoms with Crippen LogP contribution in [0.2, 0.25) is 5.02 Å². The molecule has 1 fully saturated rings. The summed E-state index contributed by atoms with van der Waals surface area (Å²) in [5.41, 5.74) is 1.31. The first-order chi connectivity index (χ1) is 16.7. The Hall–Kier alpha value is -2.94. The maximum atomic E-state index is 13.0. The fraction of sp³-hybridized carbons (Fsp3) is 0.560. The van der Waals surface area contributed by atoms with Crippen molar-refractivity contribution >= 4 is 17.7 Å². The van der Waals surface area contributed by atoms with Crippen LogP contribution >= 0.6 is 11.6 Å². The lowest BCUT2D eigenvalue weighted by Crippen LogP contribution is -2.35. The molecule has 0 atom stereocenters. The van der Waals surface area contributed by atoms with Gasteiger partial charge in [0.15, 0.2) is 11.6 Å². The van der Waals surface area contributed by atoms with Gasteiger partial charge in [0, 0.05) is 23.3 Å². The molecule has 9 nitrogen and oxygen atoms in total. The van der Waals surface area contributed by atoms with E-state index in [1.165, 1.54) is 0 Å². The molecule has 1 aliphatic carbocycles. The number of nitrogens with zero attached hydrogens (tertiary/aromatic N) is 6. The van der Waals surface area contributed by atoms with Crippen molar-refractivity contribution in [1.82, 2.24) is 29.8 Å². The molecule has 0 bridgehead atoms. The van der Waals surface area contributed by atoms with E-state index < -0.39 is 5.60 Å². The van der Waals surface area contributed by atoms with Crippen LogP contribution in [-0.2, 0) is 24.2 Å². The Morgan fingerprint density at radius 2 is 1.89 bits per heavy atom. The average Bonchev–Trinajstić information content (AvgIpc) is 3.42. The predicted octanol–water partition coefficient (Wildman–Crippen LogP) is 5.56. The van der Waals surface area contributed by atoms with Crippen molar-refractivity contribution < 1.29 is 14.1 Å². The molecule has 0 unspecified atom stereocenters. The SMILES string of the molecule is CCc1nc([C@H]2CC[C@@H](c3nnc4n3-c3ccc(Cl)cc3CN(C(=O)OC(C)(C)C)C4)CC2)no1. The number of fused-ring (bicyclic) bond motifs is 3. The van der Waals surface area contributed by atoms with Crippen LogP contribution in [0.3, 0.4) is 0 Å². The number of halogens is 1. The Balaban J connectivity index is 1.42. The van der Waals surface area contributed by atoms with Crippen LogP contribution < -0.4 is 0 Å². The second-order valence-electron chi connectivity index (χ2n) is 10.4. The molecular formula is C25H31ClN6O3. The molecule has 3 heterocycles. The van der Waals surface area contributed by atoms with Crippen LogP contribution in [0.25, 0.3) is 5.69 Å². The highest BCUT2D eigenvalue weighted by molar-refractivity contribution is 6.30. The van der Waals surface area contributed by atoms with Crippen molar-refractivity contribution in [2.75, 3.05) is 0 Å². The Labute approximate surface area is 209 Å². The van der Waals surface area contributed by atoms with Gasteiger partial charge in [-0.25, -0.2) is 4.79 Å². The fourth-order valence-electron chi connectivity index (χ4n) is 4.93. The van der Waals surface area contributed by atoms with Crippen LogP contribution in [0.5, 0.6) is 0 Å². The lowest BCUT2D eigenvalue weighted by Gasteiger charge is -2.26. The van der Waals surface area contributed by atoms with Crippen LogP contribution in [0.15, 0.2) is 22.7 Å². The number of carbonyl (C=O) groups excluding carboxylic acids is 1. The van der Waals surface area contributed by atoms with Crippen LogP contribution in [0.1, 0.15) is 94.1 Å². The molecule has 1 aromatic carbocycles. The van der Waals surface area contributed by atoms with Crippen molar-refractivity contribution in [2.24, 2.45) is 0 Å². The first kappa shape index (κ1) is 23.8. The normalized spacial score (nSPS) is 20.2. The quantitative estimate of drug-likeness (QED) is 0.466. The Morgan fingerprint density at radius 1 is 1.14 bits per heavy atom. The lowest BCUT2D eigenvalue weighted by atomic mass is 9.81. The number of hydrogen-bond donors (Lipinski definition) is 0. The third-order valence-corrected chi connectivity index (χ3v) is 6.86. The van der Waals surface area contributed by atoms with Crippen molar-refractivity contribution in [1.29, 1.82) is 0 Å². The van der Waals surface area contributed by atoms with E-state index in [1.807, 2.05) is 45.9 Å². The summed E-state index contributed by atoms with van der Waals surface area (Å²) in [5, 5.41) is 14.0. The van der Waals surface area contributed by atoms with E-state index >= 15 is 0 Å². The molecule has 1 saturated carbocycles. The number of hydrogen-bond acceptors (Lipinski definition) is 7. The average molecular weight is 499 g/mol. The van der Waals surface area contributed by atoms with E-state index in [0.717, 1.165) is 60.8 Å². The molecule has 186 valence electrons. The monoisotopic (exact) mass is 498 g/mol. The lowest BCUT2D eigenvalue weighted by molar-refractivity contribution is 0.0214. The molecule has 5 rings (SSSR count). The molecule has 0 radical (unpaired) electrons. The summed E-state index contributed by atoms with van der Waals surface area (Å²) in [4.78, 5) is 19.2. The van der Waals surface area contributed by atoms with E-state index in [1.54, 1.807) is 4.90 Å². The van der Waals surface area contributed by atoms with Gasteiger partial charge in [-0.15, -0.1) is 10.2 Å². The second-order valence-corrected chi connectivity index (χ2v) is 10.8. The Morgan fingerprint density at radius 3 is 2.57 bits per heavy atom. The zero-order chi connectivity index (χ0) is 24.7. The van der Waals surface area contributed by atoms with Gasteiger partial charge in [0.2, 0.25) is 5.89 Å². The molecule has 0 saturated heterocycles. The molecule has 35 heavy (non-hydrogen) atoms. The number of aromatic nitrogens is 5. The molecule has 3 aromatic rings. The van der Waals surface area contributed by atoms with Gasteiger partial charge < -0.3 is 9.26 Å². The van der Waals surface area contributed by atoms with Crippen LogP contribution in [0.4, 0.5) is 4.79 Å². The topological polar surface area (TPSA) is 99.2 Å². The summed E-state index contributed by atoms with van der Waals surface area (Å²) < 4.78 is 13.1. The number of benzene rings is 1. The Bertz CT molecular complexity index is 1220. The molecule has 2 aromatic heterocycles. The summed E-state index contributed by atoms with van der Waals surface area (Å²) in [7, 11) is 0. The highest BCUT2D eigenvalue weighted by Crippen LogP contribution is 2.41. The van der Waals surface area contributed by atoms with Crippen molar-refractivity contribution in [3.05, 3.63) is 52.1 Å². The minimum absolute atomic E-state index is 0.252. The van der Waals surface area contributed by atoms with E-state index in [9.17, 15) is 4.79 Å². The number of carbonyl (C=O) groups is 1. The van der Waals surface area contributed by atoms with E-state index in [4.69, 9.17) is 20.9 Å². The van der Waals surface area contributed by atoms with Crippen LogP contribution in [0, 0.1) is 0 Å². The van der Waals surface area contributed by atoms with E-state index in [-0.39, 0.29) is 12.0 Å². The zero-order valence-electron chi connectivity index (χ0n) is 20.6. The van der Waals surface area contributed by atoms with Gasteiger partial charge in [0.1, 0.15) is 11.4 Å². The molecule has 0 spiro atoms. The molecular weight excluding hydrogens is 468 g/mol. The van der Waals surface area contributed by atoms with E-state index in [2.05, 4.69) is 24.9 Å². The minimum Gasteiger partial charge on any atom is -0.444 e. The summed E-state index contributed by atoms with van der Waals surface area (Å²) in [6.07, 6.45) is 4.21. The van der Waals surface area contributed by atoms with Crippen molar-refractivity contribution in [3.63, 3.8) is 0 Å². The summed E-state index contributed by atoms with van der Waals surface area (Å²) in [6.45, 7) is 8.30. The summed E-state index contributed by atoms with van der Waals surface area (Å²) >= 11 is 6.34. The van der Waals surface area contributed by atoms with Crippen molar-refractivity contribution in [3.8, 4) is 5.69 Å². The van der Waals surface area contributed by atoms with E-state index in [0.29, 0.717) is 29.9 Å². The third-order valence-electron chi connectivity index (χ3n) is 6.63. The van der Waals surface area contributed by atoms with Crippen molar-refractivity contribution in [2.45, 2.75) is 90.3 Å². The second kappa shape index (κ2) is 9.26. The molecule has 2 aliphatic rings. The first-order valence-electron chi connectivity index (χ1n) is 12.2. The van der Waals surface area contributed by atoms with Gasteiger partial charge in [-0.05, 0) is 70.2 Å². The standard InChI is InChI=1S/C25H31ClN6O3/c1-5-21-27-22(30-35-21)15-6-8-16(9-7-15)23-29-28-20-14-31(24(33)34-25(2,3)4)13-17-12-18(26)10-11-19(17)32(20)23/h10-12,15-16H,5-9,13-14H2,1-4H3/t15-,16+. The highest BCUT2D eigenvalue weighted by Gasteiger charge is 2.34. The zero-order valence-corrected chi connectivity index (χ0v) is 21.4. The predicted molar refractivity (Wildman–Crippen MR) is 129 cm³/mol.